The van der Waals surface area contributed by atoms with Gasteiger partial charge in [0.2, 0.25) is 0 Å². The van der Waals surface area contributed by atoms with Crippen LogP contribution in [0.25, 0.3) is 10.9 Å². The summed E-state index contributed by atoms with van der Waals surface area (Å²) in [7, 11) is 0. The Morgan fingerprint density at radius 1 is 1.14 bits per heavy atom. The fourth-order valence-electron chi connectivity index (χ4n) is 3.68. The van der Waals surface area contributed by atoms with E-state index in [0.29, 0.717) is 29.8 Å². The smallest absolute Gasteiger partial charge is 0.262 e. The van der Waals surface area contributed by atoms with Crippen LogP contribution in [0.3, 0.4) is 0 Å². The third-order valence-electron chi connectivity index (χ3n) is 5.21. The highest BCUT2D eigenvalue weighted by atomic mass is 32.2. The van der Waals surface area contributed by atoms with Crippen molar-refractivity contribution in [2.75, 3.05) is 6.54 Å². The minimum absolute atomic E-state index is 0.0318. The summed E-state index contributed by atoms with van der Waals surface area (Å²) < 4.78 is 3.96. The number of aromatic nitrogens is 4. The number of hydrogen-bond donors (Lipinski definition) is 0. The molecule has 0 spiro atoms. The number of fused-ring (bicyclic) bond motifs is 1. The van der Waals surface area contributed by atoms with Gasteiger partial charge in [0.15, 0.2) is 5.16 Å². The number of aryl methyl sites for hydroxylation is 1. The number of rotatable bonds is 9. The number of nitrogens with zero attached hydrogens (tertiary/aromatic N) is 5. The first kappa shape index (κ1) is 21.6. The van der Waals surface area contributed by atoms with Crippen molar-refractivity contribution < 1.29 is 0 Å². The van der Waals surface area contributed by atoms with Gasteiger partial charge < -0.3 is 4.57 Å². The van der Waals surface area contributed by atoms with E-state index in [4.69, 9.17) is 4.98 Å². The second-order valence-electron chi connectivity index (χ2n) is 7.71. The molecule has 0 aliphatic rings. The van der Waals surface area contributed by atoms with Gasteiger partial charge in [0.25, 0.3) is 5.56 Å². The zero-order valence-corrected chi connectivity index (χ0v) is 18.8. The zero-order chi connectivity index (χ0) is 21.0. The van der Waals surface area contributed by atoms with Crippen molar-refractivity contribution in [1.82, 2.24) is 24.0 Å². The van der Waals surface area contributed by atoms with Crippen LogP contribution in [0.2, 0.25) is 0 Å². The van der Waals surface area contributed by atoms with Gasteiger partial charge in [-0.15, -0.1) is 0 Å². The van der Waals surface area contributed by atoms with Crippen LogP contribution in [0, 0.1) is 0 Å². The molecule has 3 aromatic rings. The van der Waals surface area contributed by atoms with Crippen molar-refractivity contribution in [1.29, 1.82) is 0 Å². The number of benzene rings is 1. The molecule has 7 heteroatoms. The average Bonchev–Trinajstić information content (AvgIpc) is 3.15. The van der Waals surface area contributed by atoms with Gasteiger partial charge in [-0.2, -0.15) is 0 Å². The van der Waals surface area contributed by atoms with Gasteiger partial charge in [-0.3, -0.25) is 14.3 Å². The average molecular weight is 414 g/mol. The van der Waals surface area contributed by atoms with Crippen molar-refractivity contribution in [2.45, 2.75) is 70.7 Å². The molecule has 0 aliphatic heterocycles. The highest BCUT2D eigenvalue weighted by Gasteiger charge is 2.17. The zero-order valence-electron chi connectivity index (χ0n) is 18.0. The second-order valence-corrected chi connectivity index (χ2v) is 8.65. The molecule has 0 radical (unpaired) electrons. The molecule has 0 unspecified atom stereocenters. The SMILES string of the molecule is CCn1ccnc1CSc1nc2ccccc2c(=O)n1CCN(C(C)C)C(C)C. The highest BCUT2D eigenvalue weighted by Crippen LogP contribution is 2.22. The Bertz CT molecular complexity index is 1000. The third kappa shape index (κ3) is 4.90. The summed E-state index contributed by atoms with van der Waals surface area (Å²) in [4.78, 5) is 24.9. The monoisotopic (exact) mass is 413 g/mol. The fourth-order valence-corrected chi connectivity index (χ4v) is 4.67. The lowest BCUT2D eigenvalue weighted by atomic mass is 10.2. The first-order valence-electron chi connectivity index (χ1n) is 10.3. The molecule has 0 saturated heterocycles. The van der Waals surface area contributed by atoms with Crippen molar-refractivity contribution in [3.63, 3.8) is 0 Å². The van der Waals surface area contributed by atoms with Gasteiger partial charge >= 0.3 is 0 Å². The second kappa shape index (κ2) is 9.59. The highest BCUT2D eigenvalue weighted by molar-refractivity contribution is 7.98. The van der Waals surface area contributed by atoms with E-state index in [2.05, 4.69) is 49.1 Å². The minimum atomic E-state index is 0.0318. The lowest BCUT2D eigenvalue weighted by molar-refractivity contribution is 0.166. The van der Waals surface area contributed by atoms with E-state index in [1.807, 2.05) is 41.2 Å². The van der Waals surface area contributed by atoms with Crippen LogP contribution in [-0.2, 0) is 18.8 Å². The molecule has 0 fully saturated rings. The van der Waals surface area contributed by atoms with Gasteiger partial charge in [-0.1, -0.05) is 23.9 Å². The van der Waals surface area contributed by atoms with Crippen molar-refractivity contribution >= 4 is 22.7 Å². The van der Waals surface area contributed by atoms with E-state index in [9.17, 15) is 4.79 Å². The van der Waals surface area contributed by atoms with E-state index < -0.39 is 0 Å². The maximum absolute atomic E-state index is 13.3. The summed E-state index contributed by atoms with van der Waals surface area (Å²) >= 11 is 1.58. The Morgan fingerprint density at radius 3 is 2.55 bits per heavy atom. The Balaban J connectivity index is 1.94. The van der Waals surface area contributed by atoms with Crippen LogP contribution in [0.1, 0.15) is 40.4 Å². The summed E-state index contributed by atoms with van der Waals surface area (Å²) in [5.41, 5.74) is 0.782. The van der Waals surface area contributed by atoms with Gasteiger partial charge in [0, 0.05) is 44.1 Å². The molecule has 2 aromatic heterocycles. The summed E-state index contributed by atoms with van der Waals surface area (Å²) in [5.74, 6) is 1.68. The third-order valence-corrected chi connectivity index (χ3v) is 6.18. The number of imidazole rings is 1. The van der Waals surface area contributed by atoms with Gasteiger partial charge in [0.05, 0.1) is 16.7 Å². The minimum Gasteiger partial charge on any atom is -0.335 e. The maximum Gasteiger partial charge on any atom is 0.262 e. The molecule has 156 valence electrons. The van der Waals surface area contributed by atoms with Crippen molar-refractivity contribution in [3.05, 3.63) is 52.8 Å². The van der Waals surface area contributed by atoms with Crippen LogP contribution in [0.4, 0.5) is 0 Å². The Kier molecular flexibility index (Phi) is 7.14. The van der Waals surface area contributed by atoms with Crippen molar-refractivity contribution in [2.24, 2.45) is 0 Å². The molecular weight excluding hydrogens is 382 g/mol. The first-order chi connectivity index (χ1) is 13.9. The van der Waals surface area contributed by atoms with E-state index >= 15 is 0 Å². The summed E-state index contributed by atoms with van der Waals surface area (Å²) in [6, 6.07) is 8.44. The molecule has 29 heavy (non-hydrogen) atoms. The molecular formula is C22H31N5OS. The molecule has 6 nitrogen and oxygen atoms in total. The largest absolute Gasteiger partial charge is 0.335 e. The summed E-state index contributed by atoms with van der Waals surface area (Å²) in [5, 5.41) is 1.43. The summed E-state index contributed by atoms with van der Waals surface area (Å²) in [6.45, 7) is 13.2. The molecule has 0 amide bonds. The van der Waals surface area contributed by atoms with E-state index in [0.717, 1.165) is 29.6 Å². The molecule has 1 aromatic carbocycles. The summed E-state index contributed by atoms with van der Waals surface area (Å²) in [6.07, 6.45) is 3.81. The topological polar surface area (TPSA) is 56.0 Å². The van der Waals surface area contributed by atoms with E-state index in [-0.39, 0.29) is 5.56 Å². The molecule has 0 bridgehead atoms. The van der Waals surface area contributed by atoms with Gasteiger partial charge in [-0.05, 0) is 46.8 Å². The van der Waals surface area contributed by atoms with Crippen LogP contribution < -0.4 is 5.56 Å². The van der Waals surface area contributed by atoms with Crippen LogP contribution in [0.15, 0.2) is 46.6 Å². The first-order valence-corrected chi connectivity index (χ1v) is 11.3. The number of thioether (sulfide) groups is 1. The Morgan fingerprint density at radius 2 is 1.86 bits per heavy atom. The predicted molar refractivity (Wildman–Crippen MR) is 120 cm³/mol. The Labute approximate surface area is 177 Å². The van der Waals surface area contributed by atoms with Crippen LogP contribution in [-0.4, -0.2) is 42.6 Å². The van der Waals surface area contributed by atoms with E-state index in [1.165, 1.54) is 0 Å². The van der Waals surface area contributed by atoms with Crippen molar-refractivity contribution in [3.8, 4) is 0 Å². The molecule has 3 rings (SSSR count). The molecule has 0 saturated carbocycles. The van der Waals surface area contributed by atoms with Gasteiger partial charge in [-0.25, -0.2) is 9.97 Å². The lowest BCUT2D eigenvalue weighted by Crippen LogP contribution is -2.40. The molecule has 0 aliphatic carbocycles. The number of hydrogen-bond acceptors (Lipinski definition) is 5. The van der Waals surface area contributed by atoms with Crippen LogP contribution in [0.5, 0.6) is 0 Å². The predicted octanol–water partition coefficient (Wildman–Crippen LogP) is 4.02. The fraction of sp³-hybridized carbons (Fsp3) is 0.500. The lowest BCUT2D eigenvalue weighted by Gasteiger charge is -2.30. The van der Waals surface area contributed by atoms with Gasteiger partial charge in [0.1, 0.15) is 5.82 Å². The quantitative estimate of drug-likeness (QED) is 0.392. The number of para-hydroxylation sites is 1. The van der Waals surface area contributed by atoms with Crippen LogP contribution >= 0.6 is 11.8 Å². The molecule has 0 N–H and O–H groups in total. The Hall–Kier alpha value is -2.12. The normalized spacial score (nSPS) is 12.0. The standard InChI is InChI=1S/C22H31N5OS/c1-6-25-12-11-23-20(25)15-29-22-24-19-10-8-7-9-18(19)21(28)27(22)14-13-26(16(2)3)17(4)5/h7-12,16-17H,6,13-15H2,1-5H3. The molecule has 2 heterocycles. The maximum atomic E-state index is 13.3. The molecule has 0 atom stereocenters. The van der Waals surface area contributed by atoms with E-state index in [1.54, 1.807) is 11.8 Å².